The SMILES string of the molecule is CCCN1C(=S)NC(c2cccc(OC)c2OCc2ccc(F)cc2)C(C(C)=O)=C1C. The molecule has 1 aliphatic rings. The highest BCUT2D eigenvalue weighted by Gasteiger charge is 2.34. The molecule has 1 atom stereocenters. The van der Waals surface area contributed by atoms with Crippen LogP contribution < -0.4 is 14.8 Å². The maximum Gasteiger partial charge on any atom is 0.173 e. The Morgan fingerprint density at radius 3 is 2.55 bits per heavy atom. The number of ether oxygens (including phenoxy) is 2. The molecule has 5 nitrogen and oxygen atoms in total. The summed E-state index contributed by atoms with van der Waals surface area (Å²) in [7, 11) is 1.57. The summed E-state index contributed by atoms with van der Waals surface area (Å²) in [6.07, 6.45) is 0.903. The molecular weight excluding hydrogens is 415 g/mol. The summed E-state index contributed by atoms with van der Waals surface area (Å²) in [4.78, 5) is 14.6. The van der Waals surface area contributed by atoms with Gasteiger partial charge in [0.1, 0.15) is 12.4 Å². The van der Waals surface area contributed by atoms with Crippen LogP contribution in [0.5, 0.6) is 11.5 Å². The largest absolute Gasteiger partial charge is 0.493 e. The quantitative estimate of drug-likeness (QED) is 0.586. The number of para-hydroxylation sites is 1. The molecule has 0 amide bonds. The van der Waals surface area contributed by atoms with Crippen molar-refractivity contribution in [3.63, 3.8) is 0 Å². The van der Waals surface area contributed by atoms with Gasteiger partial charge >= 0.3 is 0 Å². The molecule has 0 bridgehead atoms. The first-order chi connectivity index (χ1) is 14.9. The molecule has 1 aliphatic heterocycles. The van der Waals surface area contributed by atoms with Gasteiger partial charge in [0.05, 0.1) is 13.2 Å². The van der Waals surface area contributed by atoms with E-state index < -0.39 is 6.04 Å². The third-order valence-electron chi connectivity index (χ3n) is 5.26. The number of Topliss-reactive ketones (excluding diaryl/α,β-unsaturated/α-hetero) is 1. The number of thiocarbonyl (C=S) groups is 1. The van der Waals surface area contributed by atoms with Crippen molar-refractivity contribution in [1.82, 2.24) is 10.2 Å². The van der Waals surface area contributed by atoms with Crippen molar-refractivity contribution in [1.29, 1.82) is 0 Å². The van der Waals surface area contributed by atoms with Gasteiger partial charge in [-0.15, -0.1) is 0 Å². The van der Waals surface area contributed by atoms with Crippen molar-refractivity contribution >= 4 is 23.1 Å². The van der Waals surface area contributed by atoms with Crippen LogP contribution in [0.4, 0.5) is 4.39 Å². The zero-order chi connectivity index (χ0) is 22.5. The lowest BCUT2D eigenvalue weighted by Gasteiger charge is -2.38. The standard InChI is InChI=1S/C24H27FN2O3S/c1-5-13-27-15(2)21(16(3)28)22(26-24(27)31)19-7-6-8-20(29-4)23(19)30-14-17-9-11-18(25)12-10-17/h6-12,22H,5,13-14H2,1-4H3,(H,26,31). The van der Waals surface area contributed by atoms with Crippen LogP contribution >= 0.6 is 12.2 Å². The molecule has 1 unspecified atom stereocenters. The molecule has 0 saturated carbocycles. The molecule has 0 aromatic heterocycles. The molecule has 7 heteroatoms. The molecule has 2 aromatic carbocycles. The molecule has 0 aliphatic carbocycles. The Hall–Kier alpha value is -2.93. The van der Waals surface area contributed by atoms with Crippen molar-refractivity contribution in [2.24, 2.45) is 0 Å². The number of nitrogens with zero attached hydrogens (tertiary/aromatic N) is 1. The predicted octanol–water partition coefficient (Wildman–Crippen LogP) is 4.92. The van der Waals surface area contributed by atoms with E-state index in [1.165, 1.54) is 12.1 Å². The minimum Gasteiger partial charge on any atom is -0.493 e. The first-order valence-corrected chi connectivity index (χ1v) is 10.6. The maximum atomic E-state index is 13.2. The fraction of sp³-hybridized carbons (Fsp3) is 0.333. The van der Waals surface area contributed by atoms with E-state index >= 15 is 0 Å². The molecule has 1 heterocycles. The van der Waals surface area contributed by atoms with Crippen LogP contribution in [0.1, 0.15) is 44.4 Å². The Morgan fingerprint density at radius 1 is 1.23 bits per heavy atom. The van der Waals surface area contributed by atoms with E-state index in [1.807, 2.05) is 24.0 Å². The fourth-order valence-electron chi connectivity index (χ4n) is 3.78. The van der Waals surface area contributed by atoms with Gasteiger partial charge in [-0.1, -0.05) is 31.2 Å². The molecule has 2 aromatic rings. The lowest BCUT2D eigenvalue weighted by Crippen LogP contribution is -2.47. The maximum absolute atomic E-state index is 13.2. The minimum absolute atomic E-state index is 0.0362. The van der Waals surface area contributed by atoms with Crippen LogP contribution in [0.3, 0.4) is 0 Å². The summed E-state index contributed by atoms with van der Waals surface area (Å²) in [6.45, 7) is 6.51. The monoisotopic (exact) mass is 442 g/mol. The van der Waals surface area contributed by atoms with Crippen LogP contribution in [0.15, 0.2) is 53.7 Å². The Bertz CT molecular complexity index is 1000. The highest BCUT2D eigenvalue weighted by molar-refractivity contribution is 7.80. The van der Waals surface area contributed by atoms with E-state index in [1.54, 1.807) is 32.2 Å². The molecule has 0 radical (unpaired) electrons. The molecule has 1 N–H and O–H groups in total. The van der Waals surface area contributed by atoms with Crippen molar-refractivity contribution in [2.45, 2.75) is 39.8 Å². The number of carbonyl (C=O) groups excluding carboxylic acids is 1. The number of carbonyl (C=O) groups is 1. The van der Waals surface area contributed by atoms with Crippen LogP contribution in [-0.4, -0.2) is 29.5 Å². The molecule has 3 rings (SSSR count). The number of hydrogen-bond acceptors (Lipinski definition) is 4. The van der Waals surface area contributed by atoms with Crippen molar-refractivity contribution in [3.05, 3.63) is 70.7 Å². The molecule has 0 fully saturated rings. The average molecular weight is 443 g/mol. The number of nitrogens with one attached hydrogen (secondary N) is 1. The molecule has 0 spiro atoms. The first kappa shape index (κ1) is 22.7. The Labute approximate surface area is 187 Å². The minimum atomic E-state index is -0.462. The summed E-state index contributed by atoms with van der Waals surface area (Å²) in [5.41, 5.74) is 3.06. The van der Waals surface area contributed by atoms with Crippen LogP contribution in [0, 0.1) is 5.82 Å². The number of benzene rings is 2. The smallest absolute Gasteiger partial charge is 0.173 e. The van der Waals surface area contributed by atoms with Gasteiger partial charge in [0.15, 0.2) is 22.4 Å². The number of hydrogen-bond donors (Lipinski definition) is 1. The third kappa shape index (κ3) is 4.88. The fourth-order valence-corrected chi connectivity index (χ4v) is 4.12. The topological polar surface area (TPSA) is 50.8 Å². The Balaban J connectivity index is 2.03. The summed E-state index contributed by atoms with van der Waals surface area (Å²) in [5.74, 6) is 0.727. The predicted molar refractivity (Wildman–Crippen MR) is 123 cm³/mol. The number of ketones is 1. The van der Waals surface area contributed by atoms with Crippen molar-refractivity contribution < 1.29 is 18.7 Å². The summed E-state index contributed by atoms with van der Waals surface area (Å²) in [6, 6.07) is 11.2. The van der Waals surface area contributed by atoms with Gasteiger partial charge in [-0.2, -0.15) is 0 Å². The van der Waals surface area contributed by atoms with Gasteiger partial charge < -0.3 is 19.7 Å². The van der Waals surface area contributed by atoms with E-state index in [0.29, 0.717) is 22.2 Å². The van der Waals surface area contributed by atoms with Gasteiger partial charge in [0.25, 0.3) is 0 Å². The van der Waals surface area contributed by atoms with E-state index in [4.69, 9.17) is 21.7 Å². The van der Waals surface area contributed by atoms with Crippen LogP contribution in [0.25, 0.3) is 0 Å². The van der Waals surface area contributed by atoms with Gasteiger partial charge in [-0.25, -0.2) is 4.39 Å². The lowest BCUT2D eigenvalue weighted by molar-refractivity contribution is -0.114. The number of halogens is 1. The second-order valence-electron chi connectivity index (χ2n) is 7.38. The van der Waals surface area contributed by atoms with E-state index in [0.717, 1.165) is 29.8 Å². The second kappa shape index (κ2) is 9.92. The molecule has 0 saturated heterocycles. The third-order valence-corrected chi connectivity index (χ3v) is 5.60. The highest BCUT2D eigenvalue weighted by Crippen LogP contribution is 2.40. The van der Waals surface area contributed by atoms with Crippen molar-refractivity contribution in [3.8, 4) is 11.5 Å². The van der Waals surface area contributed by atoms with Gasteiger partial charge in [0.2, 0.25) is 0 Å². The van der Waals surface area contributed by atoms with Gasteiger partial charge in [0, 0.05) is 23.4 Å². The van der Waals surface area contributed by atoms with Gasteiger partial charge in [-0.3, -0.25) is 4.79 Å². The summed E-state index contributed by atoms with van der Waals surface area (Å²) >= 11 is 5.61. The molecule has 31 heavy (non-hydrogen) atoms. The molecular formula is C24H27FN2O3S. The van der Waals surface area contributed by atoms with Crippen LogP contribution in [0.2, 0.25) is 0 Å². The number of methoxy groups -OCH3 is 1. The zero-order valence-corrected chi connectivity index (χ0v) is 19.0. The Kier molecular flexibility index (Phi) is 7.28. The summed E-state index contributed by atoms with van der Waals surface area (Å²) in [5, 5.41) is 3.89. The lowest BCUT2D eigenvalue weighted by atomic mass is 9.91. The Morgan fingerprint density at radius 2 is 1.94 bits per heavy atom. The summed E-state index contributed by atoms with van der Waals surface area (Å²) < 4.78 is 24.9. The molecule has 164 valence electrons. The van der Waals surface area contributed by atoms with E-state index in [2.05, 4.69) is 12.2 Å². The average Bonchev–Trinajstić information content (AvgIpc) is 2.75. The van der Waals surface area contributed by atoms with E-state index in [-0.39, 0.29) is 18.2 Å². The number of allylic oxidation sites excluding steroid dienone is 1. The second-order valence-corrected chi connectivity index (χ2v) is 7.77. The highest BCUT2D eigenvalue weighted by atomic mass is 32.1. The number of rotatable bonds is 8. The van der Waals surface area contributed by atoms with Gasteiger partial charge in [-0.05, 0) is 56.2 Å². The van der Waals surface area contributed by atoms with Crippen LogP contribution in [-0.2, 0) is 11.4 Å². The first-order valence-electron chi connectivity index (χ1n) is 10.2. The normalized spacial score (nSPS) is 16.2. The van der Waals surface area contributed by atoms with E-state index in [9.17, 15) is 9.18 Å². The van der Waals surface area contributed by atoms with Crippen molar-refractivity contribution in [2.75, 3.05) is 13.7 Å². The zero-order valence-electron chi connectivity index (χ0n) is 18.2.